The summed E-state index contributed by atoms with van der Waals surface area (Å²) in [7, 11) is 0. The van der Waals surface area contributed by atoms with Crippen LogP contribution < -0.4 is 4.74 Å². The highest BCUT2D eigenvalue weighted by atomic mass is 19.1. The SMILES string of the molecule is Oc1c(F)ccc2c1cnn2-c1ccc(OCc2ccccc2)c(F)c1. The van der Waals surface area contributed by atoms with E-state index >= 15 is 0 Å². The molecule has 0 saturated heterocycles. The number of ether oxygens (including phenoxy) is 1. The zero-order valence-electron chi connectivity index (χ0n) is 13.6. The molecule has 4 nitrogen and oxygen atoms in total. The first-order chi connectivity index (χ1) is 12.6. The van der Waals surface area contributed by atoms with Crippen LogP contribution in [0.4, 0.5) is 8.78 Å². The fourth-order valence-electron chi connectivity index (χ4n) is 2.74. The molecule has 0 aliphatic carbocycles. The Kier molecular flexibility index (Phi) is 4.01. The summed E-state index contributed by atoms with van der Waals surface area (Å²) in [5.74, 6) is -1.61. The number of hydrogen-bond acceptors (Lipinski definition) is 3. The van der Waals surface area contributed by atoms with Crippen molar-refractivity contribution >= 4 is 10.9 Å². The molecule has 0 unspecified atom stereocenters. The molecule has 0 fully saturated rings. The number of aromatic nitrogens is 2. The lowest BCUT2D eigenvalue weighted by atomic mass is 10.2. The highest BCUT2D eigenvalue weighted by molar-refractivity contribution is 5.86. The third-order valence-corrected chi connectivity index (χ3v) is 4.07. The number of halogens is 2. The maximum atomic E-state index is 14.4. The molecule has 1 heterocycles. The smallest absolute Gasteiger partial charge is 0.167 e. The molecule has 3 aromatic carbocycles. The summed E-state index contributed by atoms with van der Waals surface area (Å²) in [6.45, 7) is 0.259. The Morgan fingerprint density at radius 2 is 1.77 bits per heavy atom. The molecule has 4 rings (SSSR count). The van der Waals surface area contributed by atoms with Crippen LogP contribution >= 0.6 is 0 Å². The van der Waals surface area contributed by atoms with Crippen molar-refractivity contribution in [3.05, 3.63) is 84.1 Å². The van der Waals surface area contributed by atoms with Gasteiger partial charge in [-0.3, -0.25) is 0 Å². The Morgan fingerprint density at radius 3 is 2.54 bits per heavy atom. The van der Waals surface area contributed by atoms with Gasteiger partial charge in [-0.25, -0.2) is 13.5 Å². The molecule has 0 radical (unpaired) electrons. The first-order valence-electron chi connectivity index (χ1n) is 7.95. The molecule has 6 heteroatoms. The molecule has 0 atom stereocenters. The number of phenolic OH excluding ortho intramolecular Hbond substituents is 1. The molecule has 0 aliphatic heterocycles. The summed E-state index contributed by atoms with van der Waals surface area (Å²) in [5.41, 5.74) is 1.85. The zero-order chi connectivity index (χ0) is 18.1. The minimum Gasteiger partial charge on any atom is -0.504 e. The number of nitrogens with zero attached hydrogens (tertiary/aromatic N) is 2. The summed E-state index contributed by atoms with van der Waals surface area (Å²) in [6, 6.07) is 16.5. The van der Waals surface area contributed by atoms with Gasteiger partial charge in [0.05, 0.1) is 22.8 Å². The van der Waals surface area contributed by atoms with E-state index in [9.17, 15) is 13.9 Å². The van der Waals surface area contributed by atoms with E-state index in [1.807, 2.05) is 30.3 Å². The van der Waals surface area contributed by atoms with Gasteiger partial charge in [-0.1, -0.05) is 30.3 Å². The van der Waals surface area contributed by atoms with Crippen molar-refractivity contribution < 1.29 is 18.6 Å². The molecular weight excluding hydrogens is 338 g/mol. The molecule has 4 aromatic rings. The van der Waals surface area contributed by atoms with E-state index in [1.165, 1.54) is 29.1 Å². The number of hydrogen-bond donors (Lipinski definition) is 1. The van der Waals surface area contributed by atoms with Gasteiger partial charge in [-0.2, -0.15) is 5.10 Å². The van der Waals surface area contributed by atoms with E-state index in [4.69, 9.17) is 4.74 Å². The van der Waals surface area contributed by atoms with Crippen LogP contribution in [0.5, 0.6) is 11.5 Å². The molecule has 0 saturated carbocycles. The molecule has 0 aliphatic rings. The molecule has 1 aromatic heterocycles. The molecular formula is C20H14F2N2O2. The largest absolute Gasteiger partial charge is 0.504 e. The van der Waals surface area contributed by atoms with Crippen molar-refractivity contribution in [1.29, 1.82) is 0 Å². The first kappa shape index (κ1) is 16.1. The van der Waals surface area contributed by atoms with Crippen LogP contribution in [0.1, 0.15) is 5.56 Å². The number of phenols is 1. The Morgan fingerprint density at radius 1 is 0.962 bits per heavy atom. The molecule has 0 bridgehead atoms. The fourth-order valence-corrected chi connectivity index (χ4v) is 2.74. The lowest BCUT2D eigenvalue weighted by molar-refractivity contribution is 0.290. The second-order valence-electron chi connectivity index (χ2n) is 5.77. The van der Waals surface area contributed by atoms with Gasteiger partial charge in [0.1, 0.15) is 6.61 Å². The van der Waals surface area contributed by atoms with E-state index in [0.717, 1.165) is 11.6 Å². The van der Waals surface area contributed by atoms with Crippen LogP contribution in [0.15, 0.2) is 66.9 Å². The van der Waals surface area contributed by atoms with Crippen molar-refractivity contribution in [3.63, 3.8) is 0 Å². The monoisotopic (exact) mass is 352 g/mol. The number of rotatable bonds is 4. The summed E-state index contributed by atoms with van der Waals surface area (Å²) in [5, 5.41) is 14.1. The quantitative estimate of drug-likeness (QED) is 0.584. The standard InChI is InChI=1S/C20H14F2N2O2/c21-16-7-8-18-15(20(16)25)11-23-24(18)14-6-9-19(17(22)10-14)26-12-13-4-2-1-3-5-13/h1-11,25H,12H2. The lowest BCUT2D eigenvalue weighted by Crippen LogP contribution is -2.00. The summed E-state index contributed by atoms with van der Waals surface area (Å²) in [4.78, 5) is 0. The Labute approximate surface area is 147 Å². The predicted molar refractivity (Wildman–Crippen MR) is 93.4 cm³/mol. The Hall–Kier alpha value is -3.41. The third-order valence-electron chi connectivity index (χ3n) is 4.07. The van der Waals surface area contributed by atoms with Gasteiger partial charge in [0.2, 0.25) is 0 Å². The lowest BCUT2D eigenvalue weighted by Gasteiger charge is -2.10. The van der Waals surface area contributed by atoms with Crippen molar-refractivity contribution in [2.24, 2.45) is 0 Å². The maximum Gasteiger partial charge on any atom is 0.167 e. The van der Waals surface area contributed by atoms with Gasteiger partial charge < -0.3 is 9.84 Å². The predicted octanol–water partition coefficient (Wildman–Crippen LogP) is 4.59. The average molecular weight is 352 g/mol. The molecule has 1 N–H and O–H groups in total. The summed E-state index contributed by atoms with van der Waals surface area (Å²) in [6.07, 6.45) is 1.34. The normalized spacial score (nSPS) is 11.0. The third kappa shape index (κ3) is 2.86. The zero-order valence-corrected chi connectivity index (χ0v) is 13.6. The highest BCUT2D eigenvalue weighted by Crippen LogP contribution is 2.30. The van der Waals surface area contributed by atoms with Gasteiger partial charge in [0.25, 0.3) is 0 Å². The van der Waals surface area contributed by atoms with Crippen LogP contribution in [-0.2, 0) is 6.61 Å². The fraction of sp³-hybridized carbons (Fsp3) is 0.0500. The van der Waals surface area contributed by atoms with E-state index in [-0.39, 0.29) is 17.7 Å². The second-order valence-corrected chi connectivity index (χ2v) is 5.77. The van der Waals surface area contributed by atoms with Crippen molar-refractivity contribution in [3.8, 4) is 17.2 Å². The molecule has 0 spiro atoms. The average Bonchev–Trinajstić information content (AvgIpc) is 3.09. The van der Waals surface area contributed by atoms with Crippen LogP contribution in [0.3, 0.4) is 0 Å². The highest BCUT2D eigenvalue weighted by Gasteiger charge is 2.13. The number of aromatic hydroxyl groups is 1. The molecule has 26 heavy (non-hydrogen) atoms. The van der Waals surface area contributed by atoms with E-state index < -0.39 is 17.4 Å². The Balaban J connectivity index is 1.63. The van der Waals surface area contributed by atoms with Crippen LogP contribution in [0.2, 0.25) is 0 Å². The van der Waals surface area contributed by atoms with Crippen LogP contribution in [0, 0.1) is 11.6 Å². The van der Waals surface area contributed by atoms with E-state index in [2.05, 4.69) is 5.10 Å². The number of fused-ring (bicyclic) bond motifs is 1. The van der Waals surface area contributed by atoms with Gasteiger partial charge >= 0.3 is 0 Å². The van der Waals surface area contributed by atoms with Gasteiger partial charge in [-0.15, -0.1) is 0 Å². The summed E-state index contributed by atoms with van der Waals surface area (Å²) < 4.78 is 34.8. The first-order valence-corrected chi connectivity index (χ1v) is 7.95. The topological polar surface area (TPSA) is 47.3 Å². The number of benzene rings is 3. The Bertz CT molecular complexity index is 1080. The second kappa shape index (κ2) is 6.48. The van der Waals surface area contributed by atoms with Crippen LogP contribution in [0.25, 0.3) is 16.6 Å². The molecule has 0 amide bonds. The van der Waals surface area contributed by atoms with Crippen molar-refractivity contribution in [2.75, 3.05) is 0 Å². The van der Waals surface area contributed by atoms with E-state index in [0.29, 0.717) is 11.2 Å². The van der Waals surface area contributed by atoms with Gasteiger partial charge in [-0.05, 0) is 29.8 Å². The van der Waals surface area contributed by atoms with Gasteiger partial charge in [0.15, 0.2) is 23.1 Å². The maximum absolute atomic E-state index is 14.4. The summed E-state index contributed by atoms with van der Waals surface area (Å²) >= 11 is 0. The van der Waals surface area contributed by atoms with E-state index in [1.54, 1.807) is 6.07 Å². The molecule has 130 valence electrons. The van der Waals surface area contributed by atoms with Crippen molar-refractivity contribution in [2.45, 2.75) is 6.61 Å². The van der Waals surface area contributed by atoms with Crippen molar-refractivity contribution in [1.82, 2.24) is 9.78 Å². The van der Waals surface area contributed by atoms with Crippen LogP contribution in [-0.4, -0.2) is 14.9 Å². The minimum absolute atomic E-state index is 0.128. The minimum atomic E-state index is -0.729. The van der Waals surface area contributed by atoms with Gasteiger partial charge in [0, 0.05) is 6.07 Å².